The first-order valence-electron chi connectivity index (χ1n) is 8.71. The van der Waals surface area contributed by atoms with Crippen molar-refractivity contribution in [1.82, 2.24) is 25.1 Å². The molecule has 6 heteroatoms. The molecule has 4 aromatic rings. The van der Waals surface area contributed by atoms with Gasteiger partial charge in [0, 0.05) is 35.1 Å². The summed E-state index contributed by atoms with van der Waals surface area (Å²) in [5, 5.41) is 6.92. The summed E-state index contributed by atoms with van der Waals surface area (Å²) in [5.41, 5.74) is 6.90. The lowest BCUT2D eigenvalue weighted by Crippen LogP contribution is -1.98. The molecule has 0 radical (unpaired) electrons. The number of nitrogens with one attached hydrogen (secondary N) is 2. The number of hydrogen-bond acceptors (Lipinski definition) is 4. The summed E-state index contributed by atoms with van der Waals surface area (Å²) in [5.74, 6) is 0.770. The number of carbonyl (C=O) groups excluding carboxylic acids is 1. The number of aromatic amines is 2. The van der Waals surface area contributed by atoms with E-state index < -0.39 is 0 Å². The fraction of sp³-hybridized carbons (Fsp3) is 0.143. The summed E-state index contributed by atoms with van der Waals surface area (Å²) < 4.78 is 0. The maximum absolute atomic E-state index is 11.4. The quantitative estimate of drug-likeness (QED) is 0.566. The molecule has 27 heavy (non-hydrogen) atoms. The third-order valence-electron chi connectivity index (χ3n) is 4.46. The van der Waals surface area contributed by atoms with Crippen molar-refractivity contribution < 1.29 is 4.79 Å². The Balaban J connectivity index is 1.85. The van der Waals surface area contributed by atoms with E-state index in [4.69, 9.17) is 0 Å². The second kappa shape index (κ2) is 6.99. The van der Waals surface area contributed by atoms with Gasteiger partial charge >= 0.3 is 0 Å². The van der Waals surface area contributed by atoms with Crippen molar-refractivity contribution in [3.8, 4) is 33.9 Å². The predicted molar refractivity (Wildman–Crippen MR) is 104 cm³/mol. The average molecular weight is 357 g/mol. The average Bonchev–Trinajstić information content (AvgIpc) is 3.31. The summed E-state index contributed by atoms with van der Waals surface area (Å²) in [6.45, 7) is 3.66. The summed E-state index contributed by atoms with van der Waals surface area (Å²) >= 11 is 0. The van der Waals surface area contributed by atoms with Crippen molar-refractivity contribution in [1.29, 1.82) is 0 Å². The minimum absolute atomic E-state index is 0.0917. The van der Waals surface area contributed by atoms with Crippen LogP contribution in [0.15, 0.2) is 55.0 Å². The van der Waals surface area contributed by atoms with Crippen LogP contribution in [0.2, 0.25) is 0 Å². The van der Waals surface area contributed by atoms with Gasteiger partial charge in [-0.05, 0) is 43.2 Å². The Morgan fingerprint density at radius 2 is 1.93 bits per heavy atom. The molecule has 0 fully saturated rings. The molecule has 3 aromatic heterocycles. The van der Waals surface area contributed by atoms with E-state index in [9.17, 15) is 4.79 Å². The van der Waals surface area contributed by atoms with E-state index in [0.29, 0.717) is 12.2 Å². The first kappa shape index (κ1) is 16.9. The van der Waals surface area contributed by atoms with Gasteiger partial charge in [0.15, 0.2) is 5.82 Å². The van der Waals surface area contributed by atoms with Gasteiger partial charge in [0.1, 0.15) is 12.1 Å². The van der Waals surface area contributed by atoms with Crippen molar-refractivity contribution in [2.24, 2.45) is 0 Å². The zero-order valence-corrected chi connectivity index (χ0v) is 15.2. The van der Waals surface area contributed by atoms with Crippen molar-refractivity contribution in [3.05, 3.63) is 66.2 Å². The number of aryl methyl sites for hydroxylation is 1. The number of ketones is 1. The SMILES string of the molecule is CC(=O)Cc1cc(-c2cc(-c3ccccc3C)c(-c3ncn[nH]3)[nH]2)ccn1. The summed E-state index contributed by atoms with van der Waals surface area (Å²) in [7, 11) is 0. The Morgan fingerprint density at radius 1 is 1.07 bits per heavy atom. The van der Waals surface area contributed by atoms with Crippen LogP contribution >= 0.6 is 0 Å². The number of hydrogen-bond donors (Lipinski definition) is 2. The van der Waals surface area contributed by atoms with Crippen LogP contribution < -0.4 is 0 Å². The molecule has 0 unspecified atom stereocenters. The van der Waals surface area contributed by atoms with E-state index in [1.54, 1.807) is 13.1 Å². The number of nitrogens with zero attached hydrogens (tertiary/aromatic N) is 3. The first-order valence-corrected chi connectivity index (χ1v) is 8.71. The normalized spacial score (nSPS) is 10.9. The smallest absolute Gasteiger partial charge is 0.172 e. The molecule has 6 nitrogen and oxygen atoms in total. The van der Waals surface area contributed by atoms with Gasteiger partial charge in [0.05, 0.1) is 5.69 Å². The molecular weight excluding hydrogens is 338 g/mol. The Kier molecular flexibility index (Phi) is 4.38. The molecule has 0 aliphatic heterocycles. The maximum Gasteiger partial charge on any atom is 0.172 e. The minimum Gasteiger partial charge on any atom is -0.351 e. The summed E-state index contributed by atoms with van der Waals surface area (Å²) in [4.78, 5) is 23.5. The third kappa shape index (κ3) is 3.42. The van der Waals surface area contributed by atoms with Crippen molar-refractivity contribution in [3.63, 3.8) is 0 Å². The standard InChI is InChI=1S/C21H19N5O/c1-13-5-3-4-6-17(13)18-11-19(25-20(18)21-23-12-24-26-21)15-7-8-22-16(10-15)9-14(2)27/h3-8,10-12,25H,9H2,1-2H3,(H,23,24,26). The number of benzene rings is 1. The van der Waals surface area contributed by atoms with Crippen molar-refractivity contribution in [2.75, 3.05) is 0 Å². The molecular formula is C21H19N5O. The van der Waals surface area contributed by atoms with Gasteiger partial charge in [-0.1, -0.05) is 24.3 Å². The zero-order valence-electron chi connectivity index (χ0n) is 15.2. The second-order valence-corrected chi connectivity index (χ2v) is 6.54. The van der Waals surface area contributed by atoms with Crippen LogP contribution in [0.1, 0.15) is 18.2 Å². The van der Waals surface area contributed by atoms with E-state index in [2.05, 4.69) is 50.3 Å². The van der Waals surface area contributed by atoms with Crippen LogP contribution in [0.5, 0.6) is 0 Å². The molecule has 0 aliphatic carbocycles. The second-order valence-electron chi connectivity index (χ2n) is 6.54. The molecule has 4 rings (SSSR count). The molecule has 2 N–H and O–H groups in total. The fourth-order valence-corrected chi connectivity index (χ4v) is 3.21. The lowest BCUT2D eigenvalue weighted by atomic mass is 10.00. The van der Waals surface area contributed by atoms with Crippen LogP contribution in [0.4, 0.5) is 0 Å². The van der Waals surface area contributed by atoms with Gasteiger partial charge in [-0.2, -0.15) is 5.10 Å². The number of Topliss-reactive ketones (excluding diaryl/α,β-unsaturated/α-hetero) is 1. The monoisotopic (exact) mass is 357 g/mol. The van der Waals surface area contributed by atoms with Gasteiger partial charge in [-0.25, -0.2) is 4.98 Å². The maximum atomic E-state index is 11.4. The van der Waals surface area contributed by atoms with Crippen LogP contribution in [0, 0.1) is 6.92 Å². The Labute approximate surface area is 156 Å². The number of H-pyrrole nitrogens is 2. The van der Waals surface area contributed by atoms with Crippen LogP contribution in [0.25, 0.3) is 33.9 Å². The van der Waals surface area contributed by atoms with Crippen LogP contribution in [-0.4, -0.2) is 30.9 Å². The molecule has 0 spiro atoms. The van der Waals surface area contributed by atoms with E-state index in [-0.39, 0.29) is 5.78 Å². The highest BCUT2D eigenvalue weighted by Gasteiger charge is 2.17. The number of rotatable bonds is 5. The Bertz CT molecular complexity index is 1100. The number of pyridine rings is 1. The highest BCUT2D eigenvalue weighted by atomic mass is 16.1. The van der Waals surface area contributed by atoms with Gasteiger partial charge in [-0.3, -0.25) is 14.9 Å². The van der Waals surface area contributed by atoms with Gasteiger partial charge < -0.3 is 4.98 Å². The van der Waals surface area contributed by atoms with Crippen LogP contribution in [0.3, 0.4) is 0 Å². The Morgan fingerprint density at radius 3 is 2.67 bits per heavy atom. The van der Waals surface area contributed by atoms with E-state index in [1.165, 1.54) is 11.9 Å². The summed E-state index contributed by atoms with van der Waals surface area (Å²) in [6.07, 6.45) is 3.55. The van der Waals surface area contributed by atoms with Gasteiger partial charge in [-0.15, -0.1) is 0 Å². The molecule has 3 heterocycles. The van der Waals surface area contributed by atoms with E-state index >= 15 is 0 Å². The molecule has 0 saturated carbocycles. The topological polar surface area (TPSA) is 87.3 Å². The molecule has 0 amide bonds. The third-order valence-corrected chi connectivity index (χ3v) is 4.46. The predicted octanol–water partition coefficient (Wildman–Crippen LogP) is 3.97. The fourth-order valence-electron chi connectivity index (χ4n) is 3.21. The largest absolute Gasteiger partial charge is 0.351 e. The summed E-state index contributed by atoms with van der Waals surface area (Å²) in [6, 6.07) is 14.2. The number of aromatic nitrogens is 5. The highest BCUT2D eigenvalue weighted by molar-refractivity contribution is 5.85. The van der Waals surface area contributed by atoms with Gasteiger partial charge in [0.25, 0.3) is 0 Å². The van der Waals surface area contributed by atoms with Gasteiger partial charge in [0.2, 0.25) is 0 Å². The molecule has 0 saturated heterocycles. The number of carbonyl (C=O) groups is 1. The van der Waals surface area contributed by atoms with Crippen molar-refractivity contribution >= 4 is 5.78 Å². The van der Waals surface area contributed by atoms with Crippen molar-refractivity contribution in [2.45, 2.75) is 20.3 Å². The lowest BCUT2D eigenvalue weighted by molar-refractivity contribution is -0.116. The molecule has 0 bridgehead atoms. The molecule has 0 atom stereocenters. The molecule has 134 valence electrons. The van der Waals surface area contributed by atoms with Crippen LogP contribution in [-0.2, 0) is 11.2 Å². The first-order chi connectivity index (χ1) is 13.1. The molecule has 1 aromatic carbocycles. The van der Waals surface area contributed by atoms with E-state index in [1.807, 2.05) is 24.3 Å². The Hall–Kier alpha value is -3.54. The lowest BCUT2D eigenvalue weighted by Gasteiger charge is -2.05. The van der Waals surface area contributed by atoms with E-state index in [0.717, 1.165) is 33.8 Å². The molecule has 0 aliphatic rings. The minimum atomic E-state index is 0.0917. The zero-order chi connectivity index (χ0) is 18.8. The highest BCUT2D eigenvalue weighted by Crippen LogP contribution is 2.35.